The molecule has 0 amide bonds. The molecule has 0 saturated carbocycles. The highest BCUT2D eigenvalue weighted by Gasteiger charge is 2.46. The molecule has 0 saturated heterocycles. The first-order valence-electron chi connectivity index (χ1n) is 14.1. The number of hydrogen-bond donors (Lipinski definition) is 0. The van der Waals surface area contributed by atoms with Crippen LogP contribution in [-0.4, -0.2) is 30.4 Å². The molecular weight excluding hydrogens is 533 g/mol. The van der Waals surface area contributed by atoms with E-state index in [0.717, 1.165) is 22.6 Å². The van der Waals surface area contributed by atoms with Crippen LogP contribution in [-0.2, 0) is 5.41 Å². The van der Waals surface area contributed by atoms with Crippen molar-refractivity contribution in [3.05, 3.63) is 118 Å². The fourth-order valence-electron chi connectivity index (χ4n) is 5.47. The number of hydrogen-bond acceptors (Lipinski definition) is 2. The molecule has 1 aliphatic carbocycles. The van der Waals surface area contributed by atoms with Crippen molar-refractivity contribution in [2.75, 3.05) is 14.2 Å². The lowest BCUT2D eigenvalue weighted by Crippen LogP contribution is -2.28. The Morgan fingerprint density at radius 1 is 0.512 bits per heavy atom. The van der Waals surface area contributed by atoms with Crippen LogP contribution in [0.2, 0.25) is 39.3 Å². The molecule has 0 unspecified atom stereocenters. The highest BCUT2D eigenvalue weighted by molar-refractivity contribution is 6.84. The molecule has 4 aromatic carbocycles. The van der Waals surface area contributed by atoms with Crippen LogP contribution in [0.3, 0.4) is 0 Å². The molecule has 0 radical (unpaired) electrons. The molecule has 4 heteroatoms. The number of benzene rings is 4. The van der Waals surface area contributed by atoms with Crippen molar-refractivity contribution in [2.24, 2.45) is 0 Å². The molecule has 0 N–H and O–H groups in total. The van der Waals surface area contributed by atoms with Crippen LogP contribution >= 0.6 is 0 Å². The van der Waals surface area contributed by atoms with Crippen molar-refractivity contribution in [2.45, 2.75) is 44.7 Å². The van der Waals surface area contributed by atoms with Crippen molar-refractivity contribution < 1.29 is 9.47 Å². The number of fused-ring (bicyclic) bond motifs is 3. The topological polar surface area (TPSA) is 18.5 Å². The quantitative estimate of drug-likeness (QED) is 0.159. The van der Waals surface area contributed by atoms with E-state index in [0.29, 0.717) is 0 Å². The first-order chi connectivity index (χ1) is 19.4. The third-order valence-corrected chi connectivity index (χ3v) is 9.10. The summed E-state index contributed by atoms with van der Waals surface area (Å²) in [7, 11) is 0.326. The van der Waals surface area contributed by atoms with Crippen LogP contribution in [0.5, 0.6) is 11.5 Å². The van der Waals surface area contributed by atoms with Gasteiger partial charge in [0.05, 0.1) is 19.6 Å². The second-order valence-electron chi connectivity index (χ2n) is 12.7. The minimum Gasteiger partial charge on any atom is -0.497 e. The van der Waals surface area contributed by atoms with Gasteiger partial charge in [-0.2, -0.15) is 0 Å². The van der Waals surface area contributed by atoms with Gasteiger partial charge in [0.2, 0.25) is 0 Å². The number of methoxy groups -OCH3 is 2. The Kier molecular flexibility index (Phi) is 7.51. The normalized spacial score (nSPS) is 13.2. The summed E-state index contributed by atoms with van der Waals surface area (Å²) in [5.74, 6) is 8.71. The Hall–Kier alpha value is -3.97. The van der Waals surface area contributed by atoms with E-state index in [2.05, 4.69) is 147 Å². The molecule has 0 heterocycles. The molecule has 1 aliphatic rings. The smallest absolute Gasteiger partial charge is 0.129 e. The van der Waals surface area contributed by atoms with Gasteiger partial charge in [-0.1, -0.05) is 87.5 Å². The molecule has 0 atom stereocenters. The highest BCUT2D eigenvalue weighted by Crippen LogP contribution is 2.56. The molecular formula is C37H38O2Si2. The monoisotopic (exact) mass is 570 g/mol. The van der Waals surface area contributed by atoms with Crippen LogP contribution in [0.25, 0.3) is 11.1 Å². The van der Waals surface area contributed by atoms with Crippen LogP contribution in [0.1, 0.15) is 33.4 Å². The summed E-state index contributed by atoms with van der Waals surface area (Å²) in [6.45, 7) is 13.7. The Bertz CT molecular complexity index is 1580. The molecule has 0 aromatic heterocycles. The van der Waals surface area contributed by atoms with Gasteiger partial charge in [0, 0.05) is 11.1 Å². The summed E-state index contributed by atoms with van der Waals surface area (Å²) in [5.41, 5.74) is 16.0. The molecule has 5 rings (SSSR count). The summed E-state index contributed by atoms with van der Waals surface area (Å²) >= 11 is 0. The van der Waals surface area contributed by atoms with Gasteiger partial charge < -0.3 is 9.47 Å². The van der Waals surface area contributed by atoms with E-state index in [4.69, 9.17) is 9.47 Å². The predicted octanol–water partition coefficient (Wildman–Crippen LogP) is 8.52. The van der Waals surface area contributed by atoms with Gasteiger partial charge in [0.1, 0.15) is 27.6 Å². The second kappa shape index (κ2) is 10.8. The lowest BCUT2D eigenvalue weighted by Gasteiger charge is -2.34. The third-order valence-electron chi connectivity index (χ3n) is 7.35. The molecule has 0 spiro atoms. The van der Waals surface area contributed by atoms with Crippen LogP contribution < -0.4 is 9.47 Å². The SMILES string of the molecule is COc1ccc(C2(c3ccc(OC)cc3)c3cc(C#C[Si](C)(C)C)ccc3-c3ccc(C#C[Si](C)(C)C)cc32)cc1. The van der Waals surface area contributed by atoms with E-state index in [1.165, 1.54) is 33.4 Å². The zero-order valence-corrected chi connectivity index (χ0v) is 27.4. The van der Waals surface area contributed by atoms with E-state index in [9.17, 15) is 0 Å². The maximum absolute atomic E-state index is 5.56. The van der Waals surface area contributed by atoms with E-state index in [1.54, 1.807) is 14.2 Å². The molecule has 4 aromatic rings. The second-order valence-corrected chi connectivity index (χ2v) is 22.2. The molecule has 0 fully saturated rings. The van der Waals surface area contributed by atoms with Crippen LogP contribution in [0.4, 0.5) is 0 Å². The number of rotatable bonds is 4. The fraction of sp³-hybridized carbons (Fsp3) is 0.243. The van der Waals surface area contributed by atoms with Gasteiger partial charge in [0.15, 0.2) is 0 Å². The average molecular weight is 571 g/mol. The lowest BCUT2D eigenvalue weighted by molar-refractivity contribution is 0.414. The van der Waals surface area contributed by atoms with E-state index < -0.39 is 21.6 Å². The Morgan fingerprint density at radius 3 is 1.20 bits per heavy atom. The Balaban J connectivity index is 1.88. The Labute approximate surface area is 247 Å². The predicted molar refractivity (Wildman–Crippen MR) is 177 cm³/mol. The van der Waals surface area contributed by atoms with Crippen molar-refractivity contribution in [3.63, 3.8) is 0 Å². The van der Waals surface area contributed by atoms with Gasteiger partial charge in [-0.15, -0.1) is 11.1 Å². The average Bonchev–Trinajstić information content (AvgIpc) is 3.24. The van der Waals surface area contributed by atoms with Gasteiger partial charge in [-0.05, 0) is 81.9 Å². The molecule has 0 aliphatic heterocycles. The van der Waals surface area contributed by atoms with Gasteiger partial charge in [-0.3, -0.25) is 0 Å². The lowest BCUT2D eigenvalue weighted by atomic mass is 9.67. The van der Waals surface area contributed by atoms with Gasteiger partial charge in [0.25, 0.3) is 0 Å². The summed E-state index contributed by atoms with van der Waals surface area (Å²) < 4.78 is 11.1. The summed E-state index contributed by atoms with van der Waals surface area (Å²) in [6.07, 6.45) is 0. The van der Waals surface area contributed by atoms with Crippen molar-refractivity contribution in [3.8, 4) is 45.6 Å². The summed E-state index contributed by atoms with van der Waals surface area (Å²) in [4.78, 5) is 0. The third kappa shape index (κ3) is 5.64. The zero-order valence-electron chi connectivity index (χ0n) is 25.4. The molecule has 41 heavy (non-hydrogen) atoms. The highest BCUT2D eigenvalue weighted by atomic mass is 28.3. The van der Waals surface area contributed by atoms with Gasteiger partial charge >= 0.3 is 0 Å². The van der Waals surface area contributed by atoms with Crippen LogP contribution in [0.15, 0.2) is 84.9 Å². The van der Waals surface area contributed by atoms with Crippen molar-refractivity contribution >= 4 is 16.1 Å². The zero-order chi connectivity index (χ0) is 29.4. The molecule has 2 nitrogen and oxygen atoms in total. The Morgan fingerprint density at radius 2 is 0.878 bits per heavy atom. The van der Waals surface area contributed by atoms with E-state index >= 15 is 0 Å². The minimum atomic E-state index is -1.55. The molecule has 206 valence electrons. The van der Waals surface area contributed by atoms with E-state index in [-0.39, 0.29) is 0 Å². The first-order valence-corrected chi connectivity index (χ1v) is 21.1. The minimum absolute atomic E-state index is 0.559. The summed E-state index contributed by atoms with van der Waals surface area (Å²) in [6, 6.07) is 30.5. The largest absolute Gasteiger partial charge is 0.497 e. The molecule has 0 bridgehead atoms. The van der Waals surface area contributed by atoms with Crippen molar-refractivity contribution in [1.29, 1.82) is 0 Å². The maximum Gasteiger partial charge on any atom is 0.129 e. The number of ether oxygens (including phenoxy) is 2. The van der Waals surface area contributed by atoms with Crippen molar-refractivity contribution in [1.82, 2.24) is 0 Å². The standard InChI is InChI=1S/C37H38O2Si2/c1-38-31-15-11-29(12-16-31)37(30-13-17-32(39-2)18-14-30)35-25-27(21-23-40(3,4)5)9-19-33(35)34-20-10-28(26-36(34)37)22-24-41(6,7)8/h9-20,25-26H,1-8H3. The summed E-state index contributed by atoms with van der Waals surface area (Å²) in [5, 5.41) is 0. The first kappa shape index (κ1) is 28.6. The fourth-order valence-corrected chi connectivity index (χ4v) is 6.51. The van der Waals surface area contributed by atoms with Crippen LogP contribution in [0, 0.1) is 22.9 Å². The maximum atomic E-state index is 5.56. The van der Waals surface area contributed by atoms with E-state index in [1.807, 2.05) is 0 Å². The van der Waals surface area contributed by atoms with Gasteiger partial charge in [-0.25, -0.2) is 0 Å².